The van der Waals surface area contributed by atoms with Gasteiger partial charge in [-0.1, -0.05) is 37.6 Å². The van der Waals surface area contributed by atoms with Gasteiger partial charge in [-0.05, 0) is 37.3 Å². The fourth-order valence-electron chi connectivity index (χ4n) is 1.98. The van der Waals surface area contributed by atoms with E-state index >= 15 is 0 Å². The normalized spacial score (nSPS) is 11.1. The minimum absolute atomic E-state index is 0.0547. The molecular formula is C18H21N3O4S. The largest absolute Gasteiger partial charge is 0.280 e. The molecule has 2 amide bonds. The van der Waals surface area contributed by atoms with Crippen LogP contribution < -0.4 is 15.6 Å². The van der Waals surface area contributed by atoms with E-state index in [9.17, 15) is 18.0 Å². The minimum atomic E-state index is -3.84. The van der Waals surface area contributed by atoms with E-state index in [0.29, 0.717) is 5.69 Å². The van der Waals surface area contributed by atoms with Crippen molar-refractivity contribution < 1.29 is 18.0 Å². The fraction of sp³-hybridized carbons (Fsp3) is 0.222. The summed E-state index contributed by atoms with van der Waals surface area (Å²) in [6, 6.07) is 12.5. The maximum Gasteiger partial charge on any atom is 0.269 e. The van der Waals surface area contributed by atoms with E-state index < -0.39 is 15.9 Å². The van der Waals surface area contributed by atoms with Gasteiger partial charge in [0.05, 0.1) is 4.90 Å². The van der Waals surface area contributed by atoms with Crippen LogP contribution in [0, 0.1) is 12.8 Å². The first-order valence-electron chi connectivity index (χ1n) is 7.99. The molecule has 0 aliphatic heterocycles. The number of anilines is 1. The lowest BCUT2D eigenvalue weighted by molar-refractivity contribution is -0.124. The average molecular weight is 375 g/mol. The van der Waals surface area contributed by atoms with Crippen LogP contribution >= 0.6 is 0 Å². The standard InChI is InChI=1S/C18H21N3O4S/c1-12(2)17(22)19-20-18(23)14-5-4-6-16(11-14)26(24,25)21-15-9-7-13(3)8-10-15/h4-12,21H,1-3H3,(H,19,22)(H,20,23). The summed E-state index contributed by atoms with van der Waals surface area (Å²) in [5, 5.41) is 0. The quantitative estimate of drug-likeness (QED) is 0.697. The Morgan fingerprint density at radius 3 is 2.23 bits per heavy atom. The Balaban J connectivity index is 2.15. The maximum absolute atomic E-state index is 12.5. The molecule has 0 aromatic heterocycles. The number of carbonyl (C=O) groups excluding carboxylic acids is 2. The van der Waals surface area contributed by atoms with Crippen LogP contribution in [0.25, 0.3) is 0 Å². The first kappa shape index (κ1) is 19.5. The molecule has 8 heteroatoms. The zero-order valence-corrected chi connectivity index (χ0v) is 15.6. The summed E-state index contributed by atoms with van der Waals surface area (Å²) < 4.78 is 27.5. The molecule has 3 N–H and O–H groups in total. The average Bonchev–Trinajstić information content (AvgIpc) is 2.61. The van der Waals surface area contributed by atoms with Gasteiger partial charge in [-0.2, -0.15) is 0 Å². The molecule has 0 saturated heterocycles. The smallest absolute Gasteiger partial charge is 0.269 e. The zero-order valence-electron chi connectivity index (χ0n) is 14.7. The van der Waals surface area contributed by atoms with Crippen LogP contribution in [-0.4, -0.2) is 20.2 Å². The number of hydrazine groups is 1. The molecule has 0 radical (unpaired) electrons. The second-order valence-corrected chi connectivity index (χ2v) is 7.78. The van der Waals surface area contributed by atoms with Crippen LogP contribution in [0.4, 0.5) is 5.69 Å². The Labute approximate surface area is 152 Å². The number of carbonyl (C=O) groups is 2. The Bertz CT molecular complexity index is 906. The zero-order chi connectivity index (χ0) is 19.3. The van der Waals surface area contributed by atoms with Crippen molar-refractivity contribution in [2.45, 2.75) is 25.7 Å². The van der Waals surface area contributed by atoms with E-state index in [2.05, 4.69) is 15.6 Å². The summed E-state index contributed by atoms with van der Waals surface area (Å²) in [5.41, 5.74) is 6.09. The highest BCUT2D eigenvalue weighted by Crippen LogP contribution is 2.17. The van der Waals surface area contributed by atoms with Crippen molar-refractivity contribution in [2.75, 3.05) is 4.72 Å². The van der Waals surface area contributed by atoms with Crippen LogP contribution in [0.15, 0.2) is 53.4 Å². The lowest BCUT2D eigenvalue weighted by atomic mass is 10.2. The lowest BCUT2D eigenvalue weighted by Gasteiger charge is -2.11. The molecule has 0 aliphatic rings. The summed E-state index contributed by atoms with van der Waals surface area (Å²) in [5.74, 6) is -1.24. The van der Waals surface area contributed by atoms with E-state index in [1.807, 2.05) is 6.92 Å². The third kappa shape index (κ3) is 5.06. The topological polar surface area (TPSA) is 104 Å². The van der Waals surface area contributed by atoms with Crippen molar-refractivity contribution in [3.05, 3.63) is 59.7 Å². The number of aryl methyl sites for hydroxylation is 1. The Hall–Kier alpha value is -2.87. The number of hydrogen-bond acceptors (Lipinski definition) is 4. The van der Waals surface area contributed by atoms with Gasteiger partial charge in [0, 0.05) is 17.2 Å². The molecule has 0 fully saturated rings. The first-order valence-corrected chi connectivity index (χ1v) is 9.47. The predicted octanol–water partition coefficient (Wildman–Crippen LogP) is 2.21. The number of rotatable bonds is 5. The maximum atomic E-state index is 12.5. The van der Waals surface area contributed by atoms with Crippen LogP contribution in [0.3, 0.4) is 0 Å². The van der Waals surface area contributed by atoms with Gasteiger partial charge in [-0.15, -0.1) is 0 Å². The van der Waals surface area contributed by atoms with Gasteiger partial charge in [0.15, 0.2) is 0 Å². The summed E-state index contributed by atoms with van der Waals surface area (Å²) in [6.07, 6.45) is 0. The molecule has 0 spiro atoms. The van der Waals surface area contributed by atoms with E-state index in [-0.39, 0.29) is 22.3 Å². The molecule has 138 valence electrons. The molecule has 7 nitrogen and oxygen atoms in total. The van der Waals surface area contributed by atoms with E-state index in [4.69, 9.17) is 0 Å². The molecule has 2 rings (SSSR count). The molecule has 0 bridgehead atoms. The van der Waals surface area contributed by atoms with Gasteiger partial charge in [-0.3, -0.25) is 25.2 Å². The van der Waals surface area contributed by atoms with Gasteiger partial charge in [0.1, 0.15) is 0 Å². The summed E-state index contributed by atoms with van der Waals surface area (Å²) in [7, 11) is -3.84. The van der Waals surface area contributed by atoms with Crippen molar-refractivity contribution in [3.8, 4) is 0 Å². The Morgan fingerprint density at radius 2 is 1.62 bits per heavy atom. The molecule has 0 unspecified atom stereocenters. The fourth-order valence-corrected chi connectivity index (χ4v) is 3.08. The van der Waals surface area contributed by atoms with Crippen LogP contribution in [0.2, 0.25) is 0 Å². The van der Waals surface area contributed by atoms with Crippen molar-refractivity contribution >= 4 is 27.5 Å². The number of hydrogen-bond donors (Lipinski definition) is 3. The lowest BCUT2D eigenvalue weighted by Crippen LogP contribution is -2.43. The first-order chi connectivity index (χ1) is 12.2. The third-order valence-corrected chi connectivity index (χ3v) is 4.91. The Morgan fingerprint density at radius 1 is 0.962 bits per heavy atom. The molecular weight excluding hydrogens is 354 g/mol. The monoisotopic (exact) mass is 375 g/mol. The molecule has 0 saturated carbocycles. The second-order valence-electron chi connectivity index (χ2n) is 6.10. The van der Waals surface area contributed by atoms with Gasteiger partial charge in [-0.25, -0.2) is 8.42 Å². The molecule has 26 heavy (non-hydrogen) atoms. The Kier molecular flexibility index (Phi) is 5.99. The summed E-state index contributed by atoms with van der Waals surface area (Å²) in [4.78, 5) is 23.6. The van der Waals surface area contributed by atoms with Gasteiger partial charge < -0.3 is 0 Å². The SMILES string of the molecule is Cc1ccc(NS(=O)(=O)c2cccc(C(=O)NNC(=O)C(C)C)c2)cc1. The molecule has 0 atom stereocenters. The second kappa shape index (κ2) is 8.01. The van der Waals surface area contributed by atoms with Crippen molar-refractivity contribution in [1.82, 2.24) is 10.9 Å². The van der Waals surface area contributed by atoms with Crippen LogP contribution in [-0.2, 0) is 14.8 Å². The van der Waals surface area contributed by atoms with Gasteiger partial charge >= 0.3 is 0 Å². The van der Waals surface area contributed by atoms with E-state index in [1.165, 1.54) is 24.3 Å². The molecule has 0 aliphatic carbocycles. The highest BCUT2D eigenvalue weighted by atomic mass is 32.2. The van der Waals surface area contributed by atoms with E-state index in [0.717, 1.165) is 5.56 Å². The van der Waals surface area contributed by atoms with Crippen LogP contribution in [0.1, 0.15) is 29.8 Å². The summed E-state index contributed by atoms with van der Waals surface area (Å²) >= 11 is 0. The van der Waals surface area contributed by atoms with E-state index in [1.54, 1.807) is 38.1 Å². The van der Waals surface area contributed by atoms with Crippen molar-refractivity contribution in [2.24, 2.45) is 5.92 Å². The number of sulfonamides is 1. The molecule has 0 heterocycles. The number of amides is 2. The predicted molar refractivity (Wildman–Crippen MR) is 98.9 cm³/mol. The molecule has 2 aromatic carbocycles. The third-order valence-electron chi connectivity index (χ3n) is 3.53. The number of benzene rings is 2. The van der Waals surface area contributed by atoms with Crippen molar-refractivity contribution in [3.63, 3.8) is 0 Å². The highest BCUT2D eigenvalue weighted by Gasteiger charge is 2.17. The van der Waals surface area contributed by atoms with Gasteiger partial charge in [0.25, 0.3) is 15.9 Å². The minimum Gasteiger partial charge on any atom is -0.280 e. The highest BCUT2D eigenvalue weighted by molar-refractivity contribution is 7.92. The number of nitrogens with one attached hydrogen (secondary N) is 3. The van der Waals surface area contributed by atoms with Crippen LogP contribution in [0.5, 0.6) is 0 Å². The van der Waals surface area contributed by atoms with Gasteiger partial charge in [0.2, 0.25) is 5.91 Å². The summed E-state index contributed by atoms with van der Waals surface area (Å²) in [6.45, 7) is 5.27. The van der Waals surface area contributed by atoms with Crippen molar-refractivity contribution in [1.29, 1.82) is 0 Å². The molecule has 2 aromatic rings.